The molecule has 156 valence electrons. The zero-order valence-electron chi connectivity index (χ0n) is 19.0. The van der Waals surface area contributed by atoms with Crippen molar-refractivity contribution in [3.05, 3.63) is 143 Å². The van der Waals surface area contributed by atoms with E-state index in [-0.39, 0.29) is 0 Å². The van der Waals surface area contributed by atoms with Gasteiger partial charge in [-0.1, -0.05) is 97.1 Å². The Morgan fingerprint density at radius 1 is 0.903 bits per heavy atom. The Bertz CT molecular complexity index is 1150. The topological polar surface area (TPSA) is 12.0 Å². The molecule has 0 fully saturated rings. The van der Waals surface area contributed by atoms with Gasteiger partial charge in [0.1, 0.15) is 0 Å². The number of rotatable bonds is 6. The van der Waals surface area contributed by atoms with Gasteiger partial charge in [0.25, 0.3) is 0 Å². The van der Waals surface area contributed by atoms with Gasteiger partial charge in [-0.25, -0.2) is 0 Å². The Kier molecular flexibility index (Phi) is 7.10. The SMILES string of the molecule is C=C(C)/C=C\C(=CC)/C=C/C(=CC)C1=C(c2ccccc2)c2cc(C)ccc2NC1=C. The minimum absolute atomic E-state index is 0.910. The summed E-state index contributed by atoms with van der Waals surface area (Å²) in [6.07, 6.45) is 12.7. The number of nitrogens with one attached hydrogen (secondary N) is 1. The quantitative estimate of drug-likeness (QED) is 0.476. The Balaban J connectivity index is 2.19. The van der Waals surface area contributed by atoms with Crippen molar-refractivity contribution in [1.82, 2.24) is 0 Å². The zero-order valence-corrected chi connectivity index (χ0v) is 19.0. The van der Waals surface area contributed by atoms with Crippen LogP contribution in [-0.4, -0.2) is 0 Å². The molecule has 1 nitrogen and oxygen atoms in total. The average Bonchev–Trinajstić information content (AvgIpc) is 2.76. The monoisotopic (exact) mass is 405 g/mol. The van der Waals surface area contributed by atoms with Gasteiger partial charge in [0, 0.05) is 28.1 Å². The molecule has 2 aromatic rings. The van der Waals surface area contributed by atoms with Crippen LogP contribution in [0.3, 0.4) is 0 Å². The highest BCUT2D eigenvalue weighted by Gasteiger charge is 2.24. The molecular weight excluding hydrogens is 374 g/mol. The molecule has 0 bridgehead atoms. The number of hydrogen-bond acceptors (Lipinski definition) is 1. The van der Waals surface area contributed by atoms with Crippen molar-refractivity contribution in [1.29, 1.82) is 0 Å². The summed E-state index contributed by atoms with van der Waals surface area (Å²) in [7, 11) is 0. The fourth-order valence-electron chi connectivity index (χ4n) is 3.70. The normalized spacial score (nSPS) is 14.9. The predicted octanol–water partition coefficient (Wildman–Crippen LogP) is 8.32. The van der Waals surface area contributed by atoms with E-state index in [1.807, 2.05) is 19.9 Å². The summed E-state index contributed by atoms with van der Waals surface area (Å²) in [5, 5.41) is 3.53. The van der Waals surface area contributed by atoms with Crippen molar-refractivity contribution in [2.75, 3.05) is 5.32 Å². The number of aryl methyl sites for hydroxylation is 1. The van der Waals surface area contributed by atoms with Crippen LogP contribution in [0.4, 0.5) is 5.69 Å². The van der Waals surface area contributed by atoms with E-state index in [2.05, 4.69) is 111 Å². The lowest BCUT2D eigenvalue weighted by Crippen LogP contribution is -2.14. The zero-order chi connectivity index (χ0) is 22.4. The van der Waals surface area contributed by atoms with Crippen molar-refractivity contribution in [3.63, 3.8) is 0 Å². The maximum atomic E-state index is 4.38. The first-order chi connectivity index (χ1) is 14.9. The fraction of sp³-hybridized carbons (Fsp3) is 0.133. The second kappa shape index (κ2) is 9.95. The van der Waals surface area contributed by atoms with E-state index in [4.69, 9.17) is 0 Å². The molecule has 0 aromatic heterocycles. The molecule has 1 heteroatoms. The van der Waals surface area contributed by atoms with Crippen molar-refractivity contribution in [3.8, 4) is 0 Å². The maximum absolute atomic E-state index is 4.38. The van der Waals surface area contributed by atoms with Gasteiger partial charge in [0.2, 0.25) is 0 Å². The average molecular weight is 406 g/mol. The molecule has 1 aliphatic heterocycles. The van der Waals surface area contributed by atoms with Crippen molar-refractivity contribution in [2.24, 2.45) is 0 Å². The number of benzene rings is 2. The molecule has 0 spiro atoms. The molecule has 3 rings (SSSR count). The van der Waals surface area contributed by atoms with Crippen LogP contribution < -0.4 is 5.32 Å². The summed E-state index contributed by atoms with van der Waals surface area (Å²) in [6.45, 7) is 16.6. The van der Waals surface area contributed by atoms with Gasteiger partial charge in [-0.05, 0) is 56.5 Å². The van der Waals surface area contributed by atoms with Crippen molar-refractivity contribution in [2.45, 2.75) is 27.7 Å². The molecule has 1 heterocycles. The molecule has 0 amide bonds. The third kappa shape index (κ3) is 5.13. The van der Waals surface area contributed by atoms with Gasteiger partial charge in [0.05, 0.1) is 0 Å². The molecule has 0 aliphatic carbocycles. The van der Waals surface area contributed by atoms with Crippen molar-refractivity contribution >= 4 is 11.3 Å². The molecule has 2 aromatic carbocycles. The van der Waals surface area contributed by atoms with Crippen LogP contribution in [0, 0.1) is 6.92 Å². The number of hydrogen-bond donors (Lipinski definition) is 1. The van der Waals surface area contributed by atoms with E-state index < -0.39 is 0 Å². The summed E-state index contributed by atoms with van der Waals surface area (Å²) in [6, 6.07) is 17.1. The number of allylic oxidation sites excluding steroid dienone is 9. The molecule has 0 saturated carbocycles. The summed E-state index contributed by atoms with van der Waals surface area (Å²) in [5.74, 6) is 0. The van der Waals surface area contributed by atoms with Crippen LogP contribution in [0.25, 0.3) is 5.57 Å². The van der Waals surface area contributed by atoms with Crippen LogP contribution in [0.5, 0.6) is 0 Å². The molecule has 0 atom stereocenters. The second-order valence-electron chi connectivity index (χ2n) is 7.81. The smallest absolute Gasteiger partial charge is 0.0464 e. The van der Waals surface area contributed by atoms with Crippen LogP contribution in [-0.2, 0) is 0 Å². The summed E-state index contributed by atoms with van der Waals surface area (Å²) in [4.78, 5) is 0. The Hall–Kier alpha value is -3.58. The van der Waals surface area contributed by atoms with E-state index >= 15 is 0 Å². The van der Waals surface area contributed by atoms with Crippen LogP contribution in [0.2, 0.25) is 0 Å². The third-order valence-corrected chi connectivity index (χ3v) is 5.29. The van der Waals surface area contributed by atoms with Crippen LogP contribution in [0.15, 0.2) is 126 Å². The Morgan fingerprint density at radius 3 is 2.26 bits per heavy atom. The summed E-state index contributed by atoms with van der Waals surface area (Å²) < 4.78 is 0. The predicted molar refractivity (Wildman–Crippen MR) is 137 cm³/mol. The molecule has 1 aliphatic rings. The van der Waals surface area contributed by atoms with E-state index in [0.29, 0.717) is 0 Å². The third-order valence-electron chi connectivity index (χ3n) is 5.29. The van der Waals surface area contributed by atoms with Gasteiger partial charge in [-0.2, -0.15) is 0 Å². The highest BCUT2D eigenvalue weighted by molar-refractivity contribution is 5.96. The van der Waals surface area contributed by atoms with Crippen LogP contribution in [0.1, 0.15) is 37.5 Å². The first-order valence-corrected chi connectivity index (χ1v) is 10.7. The standard InChI is InChI=1S/C30H31N/c1-7-24(16-14-21(3)4)17-18-25(8-2)29-23(6)31-28-19-15-22(5)20-27(28)30(29)26-12-10-9-11-13-26/h7-20,31H,3,6H2,1-2,4-5H3/b16-14-,18-17+,24-7?,25-8?. The minimum atomic E-state index is 0.910. The van der Waals surface area contributed by atoms with E-state index in [1.165, 1.54) is 22.3 Å². The first kappa shape index (κ1) is 22.1. The van der Waals surface area contributed by atoms with Gasteiger partial charge >= 0.3 is 0 Å². The van der Waals surface area contributed by atoms with Crippen LogP contribution >= 0.6 is 0 Å². The van der Waals surface area contributed by atoms with E-state index in [0.717, 1.165) is 33.7 Å². The molecule has 0 saturated heterocycles. The lowest BCUT2D eigenvalue weighted by molar-refractivity contribution is 1.30. The van der Waals surface area contributed by atoms with Gasteiger partial charge in [-0.15, -0.1) is 0 Å². The lowest BCUT2D eigenvalue weighted by Gasteiger charge is -2.28. The van der Waals surface area contributed by atoms with Gasteiger partial charge in [0.15, 0.2) is 0 Å². The number of anilines is 1. The highest BCUT2D eigenvalue weighted by atomic mass is 14.9. The molecule has 31 heavy (non-hydrogen) atoms. The van der Waals surface area contributed by atoms with E-state index in [1.54, 1.807) is 0 Å². The number of fused-ring (bicyclic) bond motifs is 1. The van der Waals surface area contributed by atoms with Crippen molar-refractivity contribution < 1.29 is 0 Å². The summed E-state index contributed by atoms with van der Waals surface area (Å²) >= 11 is 0. The second-order valence-corrected chi connectivity index (χ2v) is 7.81. The fourth-order valence-corrected chi connectivity index (χ4v) is 3.70. The lowest BCUT2D eigenvalue weighted by atomic mass is 9.83. The molecule has 0 unspecified atom stereocenters. The highest BCUT2D eigenvalue weighted by Crippen LogP contribution is 2.42. The largest absolute Gasteiger partial charge is 0.355 e. The Labute approximate surface area is 187 Å². The Morgan fingerprint density at radius 2 is 1.61 bits per heavy atom. The first-order valence-electron chi connectivity index (χ1n) is 10.7. The minimum Gasteiger partial charge on any atom is -0.355 e. The maximum Gasteiger partial charge on any atom is 0.0464 e. The van der Waals surface area contributed by atoms with E-state index in [9.17, 15) is 0 Å². The summed E-state index contributed by atoms with van der Waals surface area (Å²) in [5.41, 5.74) is 11.3. The van der Waals surface area contributed by atoms with Gasteiger partial charge < -0.3 is 5.32 Å². The molecular formula is C30H31N. The molecule has 1 N–H and O–H groups in total. The van der Waals surface area contributed by atoms with Gasteiger partial charge in [-0.3, -0.25) is 0 Å². The molecule has 0 radical (unpaired) electrons.